The standard InChI is InChI=1S/C14H15NO/c1-9-12-5-3-4-6-13(12)15(11-7-8-11)14(9)10(2)16/h3-6,11H,7-8H2,1-2H3. The molecule has 2 heteroatoms. The summed E-state index contributed by atoms with van der Waals surface area (Å²) in [5.41, 5.74) is 3.26. The number of aryl methyl sites for hydroxylation is 1. The van der Waals surface area contributed by atoms with Gasteiger partial charge in [0.1, 0.15) is 0 Å². The molecule has 82 valence electrons. The van der Waals surface area contributed by atoms with E-state index in [0.717, 1.165) is 11.3 Å². The van der Waals surface area contributed by atoms with Crippen molar-refractivity contribution in [1.82, 2.24) is 4.57 Å². The number of rotatable bonds is 2. The molecule has 0 unspecified atom stereocenters. The van der Waals surface area contributed by atoms with Crippen molar-refractivity contribution in [2.45, 2.75) is 32.7 Å². The number of hydrogen-bond acceptors (Lipinski definition) is 1. The molecule has 3 rings (SSSR count). The SMILES string of the molecule is CC(=O)c1c(C)c2ccccc2n1C1CC1. The zero-order chi connectivity index (χ0) is 11.3. The topological polar surface area (TPSA) is 22.0 Å². The molecule has 0 bridgehead atoms. The summed E-state index contributed by atoms with van der Waals surface area (Å²) in [6.45, 7) is 3.72. The predicted molar refractivity (Wildman–Crippen MR) is 65.0 cm³/mol. The monoisotopic (exact) mass is 213 g/mol. The van der Waals surface area contributed by atoms with Crippen LogP contribution in [-0.4, -0.2) is 10.4 Å². The number of para-hydroxylation sites is 1. The lowest BCUT2D eigenvalue weighted by atomic mass is 10.1. The highest BCUT2D eigenvalue weighted by Crippen LogP contribution is 2.41. The van der Waals surface area contributed by atoms with Gasteiger partial charge in [0, 0.05) is 23.9 Å². The van der Waals surface area contributed by atoms with Crippen LogP contribution < -0.4 is 0 Å². The maximum absolute atomic E-state index is 11.8. The number of carbonyl (C=O) groups excluding carboxylic acids is 1. The van der Waals surface area contributed by atoms with Crippen LogP contribution in [0.3, 0.4) is 0 Å². The minimum atomic E-state index is 0.181. The molecule has 1 aromatic heterocycles. The normalized spacial score (nSPS) is 15.6. The van der Waals surface area contributed by atoms with Crippen molar-refractivity contribution < 1.29 is 4.79 Å². The summed E-state index contributed by atoms with van der Waals surface area (Å²) in [5.74, 6) is 0.181. The second-order valence-corrected chi connectivity index (χ2v) is 4.65. The highest BCUT2D eigenvalue weighted by Gasteiger charge is 2.29. The number of carbonyl (C=O) groups is 1. The van der Waals surface area contributed by atoms with Gasteiger partial charge in [0.05, 0.1) is 5.69 Å². The van der Waals surface area contributed by atoms with E-state index < -0.39 is 0 Å². The Morgan fingerprint density at radius 1 is 1.31 bits per heavy atom. The lowest BCUT2D eigenvalue weighted by Crippen LogP contribution is -2.05. The summed E-state index contributed by atoms with van der Waals surface area (Å²) in [5, 5.41) is 1.22. The van der Waals surface area contributed by atoms with E-state index in [0.29, 0.717) is 6.04 Å². The van der Waals surface area contributed by atoms with Crippen LogP contribution in [-0.2, 0) is 0 Å². The largest absolute Gasteiger partial charge is 0.335 e. The summed E-state index contributed by atoms with van der Waals surface area (Å²) in [4.78, 5) is 11.8. The third-order valence-electron chi connectivity index (χ3n) is 3.41. The fourth-order valence-electron chi connectivity index (χ4n) is 2.58. The Hall–Kier alpha value is -1.57. The van der Waals surface area contributed by atoms with Crippen LogP contribution in [0.4, 0.5) is 0 Å². The van der Waals surface area contributed by atoms with Gasteiger partial charge in [-0.3, -0.25) is 4.79 Å². The van der Waals surface area contributed by atoms with Gasteiger partial charge in [0.25, 0.3) is 0 Å². The predicted octanol–water partition coefficient (Wildman–Crippen LogP) is 3.49. The van der Waals surface area contributed by atoms with Gasteiger partial charge in [-0.2, -0.15) is 0 Å². The highest BCUT2D eigenvalue weighted by atomic mass is 16.1. The van der Waals surface area contributed by atoms with Crippen molar-refractivity contribution in [2.75, 3.05) is 0 Å². The van der Waals surface area contributed by atoms with Crippen LogP contribution >= 0.6 is 0 Å². The Labute approximate surface area is 94.9 Å². The Bertz CT molecular complexity index is 576. The van der Waals surface area contributed by atoms with Gasteiger partial charge in [-0.1, -0.05) is 18.2 Å². The van der Waals surface area contributed by atoms with Crippen molar-refractivity contribution in [3.05, 3.63) is 35.5 Å². The van der Waals surface area contributed by atoms with Crippen LogP contribution in [0, 0.1) is 6.92 Å². The molecule has 0 N–H and O–H groups in total. The third kappa shape index (κ3) is 1.22. The number of nitrogens with zero attached hydrogens (tertiary/aromatic N) is 1. The second kappa shape index (κ2) is 3.21. The van der Waals surface area contributed by atoms with Crippen LogP contribution in [0.15, 0.2) is 24.3 Å². The van der Waals surface area contributed by atoms with E-state index in [-0.39, 0.29) is 5.78 Å². The molecule has 0 atom stereocenters. The molecule has 2 aromatic rings. The molecular weight excluding hydrogens is 198 g/mol. The van der Waals surface area contributed by atoms with Gasteiger partial charge in [-0.05, 0) is 31.4 Å². The van der Waals surface area contributed by atoms with Gasteiger partial charge in [-0.25, -0.2) is 0 Å². The summed E-state index contributed by atoms with van der Waals surface area (Å²) < 4.78 is 2.24. The van der Waals surface area contributed by atoms with Crippen LogP contribution in [0.2, 0.25) is 0 Å². The number of benzene rings is 1. The number of fused-ring (bicyclic) bond motifs is 1. The quantitative estimate of drug-likeness (QED) is 0.700. The first kappa shape index (κ1) is 9.64. The molecule has 0 radical (unpaired) electrons. The van der Waals surface area contributed by atoms with Gasteiger partial charge in [0.15, 0.2) is 5.78 Å². The summed E-state index contributed by atoms with van der Waals surface area (Å²) in [6, 6.07) is 8.86. The zero-order valence-corrected chi connectivity index (χ0v) is 9.66. The van der Waals surface area contributed by atoms with Crippen molar-refractivity contribution in [3.8, 4) is 0 Å². The van der Waals surface area contributed by atoms with Crippen molar-refractivity contribution in [1.29, 1.82) is 0 Å². The first-order chi connectivity index (χ1) is 7.70. The number of hydrogen-bond donors (Lipinski definition) is 0. The van der Waals surface area contributed by atoms with Crippen LogP contribution in [0.25, 0.3) is 10.9 Å². The van der Waals surface area contributed by atoms with Crippen LogP contribution in [0.1, 0.15) is 41.9 Å². The molecule has 1 heterocycles. The van der Waals surface area contributed by atoms with E-state index in [2.05, 4.69) is 23.6 Å². The molecule has 1 saturated carbocycles. The smallest absolute Gasteiger partial charge is 0.176 e. The van der Waals surface area contributed by atoms with E-state index in [1.165, 1.54) is 23.7 Å². The van der Waals surface area contributed by atoms with Gasteiger partial charge < -0.3 is 4.57 Å². The first-order valence-corrected chi connectivity index (χ1v) is 5.80. The molecule has 0 amide bonds. The van der Waals surface area contributed by atoms with Crippen molar-refractivity contribution in [3.63, 3.8) is 0 Å². The second-order valence-electron chi connectivity index (χ2n) is 4.65. The highest BCUT2D eigenvalue weighted by molar-refractivity contribution is 6.01. The zero-order valence-electron chi connectivity index (χ0n) is 9.66. The summed E-state index contributed by atoms with van der Waals surface area (Å²) in [7, 11) is 0. The fraction of sp³-hybridized carbons (Fsp3) is 0.357. The average Bonchev–Trinajstić information content (AvgIpc) is 3.05. The Kier molecular flexibility index (Phi) is 1.93. The molecule has 0 spiro atoms. The molecular formula is C14H15NO. The number of Topliss-reactive ketones (excluding diaryl/α,β-unsaturated/α-hetero) is 1. The number of ketones is 1. The maximum atomic E-state index is 11.8. The van der Waals surface area contributed by atoms with E-state index in [1.807, 2.05) is 12.1 Å². The molecule has 1 aliphatic rings. The molecule has 1 aromatic carbocycles. The summed E-state index contributed by atoms with van der Waals surface area (Å²) in [6.07, 6.45) is 2.41. The third-order valence-corrected chi connectivity index (χ3v) is 3.41. The lowest BCUT2D eigenvalue weighted by molar-refractivity contribution is 0.100. The first-order valence-electron chi connectivity index (χ1n) is 5.80. The minimum Gasteiger partial charge on any atom is -0.335 e. The maximum Gasteiger partial charge on any atom is 0.176 e. The van der Waals surface area contributed by atoms with Gasteiger partial charge in [-0.15, -0.1) is 0 Å². The Morgan fingerprint density at radius 2 is 2.00 bits per heavy atom. The molecule has 16 heavy (non-hydrogen) atoms. The van der Waals surface area contributed by atoms with E-state index in [1.54, 1.807) is 6.92 Å². The summed E-state index contributed by atoms with van der Waals surface area (Å²) >= 11 is 0. The lowest BCUT2D eigenvalue weighted by Gasteiger charge is -2.06. The van der Waals surface area contributed by atoms with Gasteiger partial charge in [0.2, 0.25) is 0 Å². The van der Waals surface area contributed by atoms with Crippen molar-refractivity contribution in [2.24, 2.45) is 0 Å². The molecule has 0 saturated heterocycles. The molecule has 0 aliphatic heterocycles. The molecule has 2 nitrogen and oxygen atoms in total. The van der Waals surface area contributed by atoms with E-state index in [9.17, 15) is 4.79 Å². The minimum absolute atomic E-state index is 0.181. The Morgan fingerprint density at radius 3 is 2.62 bits per heavy atom. The Balaban J connectivity index is 2.41. The van der Waals surface area contributed by atoms with E-state index >= 15 is 0 Å². The van der Waals surface area contributed by atoms with Crippen molar-refractivity contribution >= 4 is 16.7 Å². The average molecular weight is 213 g/mol. The van der Waals surface area contributed by atoms with Gasteiger partial charge >= 0.3 is 0 Å². The molecule has 1 aliphatic carbocycles. The van der Waals surface area contributed by atoms with Crippen LogP contribution in [0.5, 0.6) is 0 Å². The van der Waals surface area contributed by atoms with E-state index in [4.69, 9.17) is 0 Å². The molecule has 1 fully saturated rings. The number of aromatic nitrogens is 1. The fourth-order valence-corrected chi connectivity index (χ4v) is 2.58.